The highest BCUT2D eigenvalue weighted by molar-refractivity contribution is 5.69. The van der Waals surface area contributed by atoms with Crippen LogP contribution in [-0.4, -0.2) is 33.5 Å². The fourth-order valence-electron chi connectivity index (χ4n) is 2.43. The van der Waals surface area contributed by atoms with Crippen LogP contribution in [0.3, 0.4) is 0 Å². The second kappa shape index (κ2) is 6.99. The molecular weight excluding hydrogens is 264 g/mol. The van der Waals surface area contributed by atoms with Crippen LogP contribution in [0.5, 0.6) is 0 Å². The minimum absolute atomic E-state index is 0.0200. The standard InChI is InChI=1S/C17H20N2O2/c1-13(2)19(12-16(20)21)17(14-8-4-3-5-9-14)15-10-6-7-11-18-15/h3-11,13,17H,12H2,1-2H3,(H,20,21). The van der Waals surface area contributed by atoms with E-state index in [0.717, 1.165) is 11.3 Å². The van der Waals surface area contributed by atoms with Gasteiger partial charge in [0.2, 0.25) is 0 Å². The number of pyridine rings is 1. The molecule has 1 aromatic carbocycles. The summed E-state index contributed by atoms with van der Waals surface area (Å²) in [7, 11) is 0. The number of hydrogen-bond acceptors (Lipinski definition) is 3. The summed E-state index contributed by atoms with van der Waals surface area (Å²) in [5, 5.41) is 9.21. The molecule has 2 rings (SSSR count). The van der Waals surface area contributed by atoms with Crippen LogP contribution >= 0.6 is 0 Å². The third kappa shape index (κ3) is 3.89. The first-order chi connectivity index (χ1) is 10.1. The smallest absolute Gasteiger partial charge is 0.317 e. The van der Waals surface area contributed by atoms with Crippen molar-refractivity contribution in [3.05, 3.63) is 66.0 Å². The van der Waals surface area contributed by atoms with Gasteiger partial charge in [0.1, 0.15) is 0 Å². The number of hydrogen-bond donors (Lipinski definition) is 1. The molecule has 0 fully saturated rings. The molecule has 1 aromatic heterocycles. The van der Waals surface area contributed by atoms with Gasteiger partial charge in [-0.1, -0.05) is 36.4 Å². The van der Waals surface area contributed by atoms with Gasteiger partial charge in [-0.25, -0.2) is 0 Å². The Kier molecular flexibility index (Phi) is 5.06. The van der Waals surface area contributed by atoms with Gasteiger partial charge in [0.25, 0.3) is 0 Å². The van der Waals surface area contributed by atoms with Gasteiger partial charge in [0.15, 0.2) is 0 Å². The molecule has 1 unspecified atom stereocenters. The molecule has 0 radical (unpaired) electrons. The molecule has 110 valence electrons. The van der Waals surface area contributed by atoms with Crippen LogP contribution < -0.4 is 0 Å². The van der Waals surface area contributed by atoms with Crippen molar-refractivity contribution >= 4 is 5.97 Å². The Hall–Kier alpha value is -2.20. The van der Waals surface area contributed by atoms with Gasteiger partial charge in [-0.05, 0) is 31.5 Å². The molecule has 0 aliphatic heterocycles. The molecule has 0 bridgehead atoms. The molecule has 1 heterocycles. The molecule has 21 heavy (non-hydrogen) atoms. The fraction of sp³-hybridized carbons (Fsp3) is 0.294. The van der Waals surface area contributed by atoms with Crippen LogP contribution in [0.15, 0.2) is 54.7 Å². The van der Waals surface area contributed by atoms with Crippen molar-refractivity contribution < 1.29 is 9.90 Å². The van der Waals surface area contributed by atoms with Crippen molar-refractivity contribution in [2.24, 2.45) is 0 Å². The lowest BCUT2D eigenvalue weighted by Gasteiger charge is -2.33. The number of aromatic nitrogens is 1. The zero-order valence-electron chi connectivity index (χ0n) is 12.3. The van der Waals surface area contributed by atoms with Gasteiger partial charge in [-0.2, -0.15) is 0 Å². The molecule has 0 aliphatic rings. The first-order valence-corrected chi connectivity index (χ1v) is 7.03. The molecule has 0 aliphatic carbocycles. The van der Waals surface area contributed by atoms with Crippen molar-refractivity contribution in [3.63, 3.8) is 0 Å². The van der Waals surface area contributed by atoms with E-state index in [0.29, 0.717) is 0 Å². The maximum absolute atomic E-state index is 11.2. The second-order valence-corrected chi connectivity index (χ2v) is 5.23. The molecule has 4 heteroatoms. The van der Waals surface area contributed by atoms with Crippen LogP contribution in [0, 0.1) is 0 Å². The van der Waals surface area contributed by atoms with Gasteiger partial charge in [0, 0.05) is 12.2 Å². The Labute approximate surface area is 125 Å². The van der Waals surface area contributed by atoms with Crippen LogP contribution in [-0.2, 0) is 4.79 Å². The fourth-order valence-corrected chi connectivity index (χ4v) is 2.43. The summed E-state index contributed by atoms with van der Waals surface area (Å²) in [6.07, 6.45) is 1.74. The molecule has 0 saturated carbocycles. The van der Waals surface area contributed by atoms with Crippen LogP contribution in [0.25, 0.3) is 0 Å². The van der Waals surface area contributed by atoms with Crippen LogP contribution in [0.4, 0.5) is 0 Å². The summed E-state index contributed by atoms with van der Waals surface area (Å²) in [6, 6.07) is 15.6. The lowest BCUT2D eigenvalue weighted by Crippen LogP contribution is -2.39. The summed E-state index contributed by atoms with van der Waals surface area (Å²) < 4.78 is 0. The Morgan fingerprint density at radius 2 is 1.81 bits per heavy atom. The van der Waals surface area contributed by atoms with Gasteiger partial charge >= 0.3 is 5.97 Å². The van der Waals surface area contributed by atoms with Gasteiger partial charge < -0.3 is 5.11 Å². The molecule has 1 atom stereocenters. The van der Waals surface area contributed by atoms with Crippen molar-refractivity contribution in [1.29, 1.82) is 0 Å². The number of nitrogens with zero attached hydrogens (tertiary/aromatic N) is 2. The maximum Gasteiger partial charge on any atom is 0.317 e. The quantitative estimate of drug-likeness (QED) is 0.886. The van der Waals surface area contributed by atoms with E-state index in [2.05, 4.69) is 4.98 Å². The minimum atomic E-state index is -0.833. The van der Waals surface area contributed by atoms with Gasteiger partial charge in [-0.3, -0.25) is 14.7 Å². The molecule has 0 amide bonds. The minimum Gasteiger partial charge on any atom is -0.480 e. The topological polar surface area (TPSA) is 53.4 Å². The Morgan fingerprint density at radius 3 is 2.33 bits per heavy atom. The lowest BCUT2D eigenvalue weighted by atomic mass is 10.00. The average molecular weight is 284 g/mol. The first kappa shape index (κ1) is 15.2. The van der Waals surface area contributed by atoms with E-state index in [4.69, 9.17) is 0 Å². The van der Waals surface area contributed by atoms with E-state index in [-0.39, 0.29) is 18.6 Å². The second-order valence-electron chi connectivity index (χ2n) is 5.23. The summed E-state index contributed by atoms with van der Waals surface area (Å²) in [6.45, 7) is 3.98. The summed E-state index contributed by atoms with van der Waals surface area (Å²) >= 11 is 0. The normalized spacial score (nSPS) is 12.6. The van der Waals surface area contributed by atoms with E-state index in [1.165, 1.54) is 0 Å². The highest BCUT2D eigenvalue weighted by atomic mass is 16.4. The van der Waals surface area contributed by atoms with Crippen molar-refractivity contribution in [3.8, 4) is 0 Å². The molecule has 1 N–H and O–H groups in total. The highest BCUT2D eigenvalue weighted by Crippen LogP contribution is 2.28. The van der Waals surface area contributed by atoms with E-state index >= 15 is 0 Å². The molecule has 4 nitrogen and oxygen atoms in total. The van der Waals surface area contributed by atoms with E-state index in [9.17, 15) is 9.90 Å². The van der Waals surface area contributed by atoms with Crippen LogP contribution in [0.1, 0.15) is 31.1 Å². The van der Waals surface area contributed by atoms with E-state index < -0.39 is 5.97 Å². The largest absolute Gasteiger partial charge is 0.480 e. The van der Waals surface area contributed by atoms with Crippen molar-refractivity contribution in [2.75, 3.05) is 6.54 Å². The average Bonchev–Trinajstić information content (AvgIpc) is 2.48. The summed E-state index contributed by atoms with van der Waals surface area (Å²) in [5.41, 5.74) is 1.91. The van der Waals surface area contributed by atoms with Gasteiger partial charge in [-0.15, -0.1) is 0 Å². The summed E-state index contributed by atoms with van der Waals surface area (Å²) in [5.74, 6) is -0.833. The number of carboxylic acid groups (broad SMARTS) is 1. The number of carboxylic acids is 1. The van der Waals surface area contributed by atoms with E-state index in [1.807, 2.05) is 67.3 Å². The lowest BCUT2D eigenvalue weighted by molar-refractivity contribution is -0.139. The third-order valence-corrected chi connectivity index (χ3v) is 3.40. The number of aliphatic carboxylic acids is 1. The monoisotopic (exact) mass is 284 g/mol. The predicted octanol–water partition coefficient (Wildman–Crippen LogP) is 2.97. The van der Waals surface area contributed by atoms with Crippen LogP contribution in [0.2, 0.25) is 0 Å². The molecule has 2 aromatic rings. The third-order valence-electron chi connectivity index (χ3n) is 3.40. The first-order valence-electron chi connectivity index (χ1n) is 7.03. The zero-order valence-corrected chi connectivity index (χ0v) is 12.3. The number of rotatable bonds is 6. The number of carbonyl (C=O) groups is 1. The Balaban J connectivity index is 2.47. The zero-order chi connectivity index (χ0) is 15.2. The molecule has 0 saturated heterocycles. The van der Waals surface area contributed by atoms with E-state index in [1.54, 1.807) is 6.20 Å². The molecular formula is C17H20N2O2. The Morgan fingerprint density at radius 1 is 1.14 bits per heavy atom. The van der Waals surface area contributed by atoms with Crippen molar-refractivity contribution in [2.45, 2.75) is 25.9 Å². The van der Waals surface area contributed by atoms with Gasteiger partial charge in [0.05, 0.1) is 18.3 Å². The Bertz CT molecular complexity index is 530. The van der Waals surface area contributed by atoms with Crippen molar-refractivity contribution in [1.82, 2.24) is 9.88 Å². The number of benzene rings is 1. The predicted molar refractivity (Wildman–Crippen MR) is 82.0 cm³/mol. The highest BCUT2D eigenvalue weighted by Gasteiger charge is 2.27. The SMILES string of the molecule is CC(C)N(CC(=O)O)C(c1ccccc1)c1ccccn1. The maximum atomic E-state index is 11.2. The summed E-state index contributed by atoms with van der Waals surface area (Å²) in [4.78, 5) is 17.6. The molecule has 0 spiro atoms.